The van der Waals surface area contributed by atoms with Crippen LogP contribution in [-0.4, -0.2) is 54.6 Å². The Morgan fingerprint density at radius 2 is 1.87 bits per heavy atom. The Labute approximate surface area is 181 Å². The normalized spacial score (nSPS) is 15.5. The summed E-state index contributed by atoms with van der Waals surface area (Å²) in [6, 6.07) is 12.3. The average Bonchev–Trinajstić information content (AvgIpc) is 2.85. The lowest BCUT2D eigenvalue weighted by atomic mass is 10.0. The quantitative estimate of drug-likeness (QED) is 0.683. The lowest BCUT2D eigenvalue weighted by molar-refractivity contribution is 0.122. The number of methoxy groups -OCH3 is 1. The molecule has 0 atom stereocenters. The summed E-state index contributed by atoms with van der Waals surface area (Å²) in [7, 11) is 1.59. The minimum absolute atomic E-state index is 0.513. The Balaban J connectivity index is 1.45. The highest BCUT2D eigenvalue weighted by atomic mass is 16.5. The van der Waals surface area contributed by atoms with E-state index in [9.17, 15) is 0 Å². The molecule has 1 N–H and O–H groups in total. The average molecular weight is 416 g/mol. The van der Waals surface area contributed by atoms with E-state index in [0.29, 0.717) is 12.4 Å². The number of hydrogen-bond acceptors (Lipinski definition) is 8. The van der Waals surface area contributed by atoms with Gasteiger partial charge in [-0.2, -0.15) is 0 Å². The first-order chi connectivity index (χ1) is 15.3. The van der Waals surface area contributed by atoms with Crippen molar-refractivity contribution in [1.29, 1.82) is 0 Å². The van der Waals surface area contributed by atoms with Gasteiger partial charge in [0.05, 0.1) is 38.3 Å². The lowest BCUT2D eigenvalue weighted by Crippen LogP contribution is -2.36. The van der Waals surface area contributed by atoms with Gasteiger partial charge >= 0.3 is 0 Å². The van der Waals surface area contributed by atoms with Crippen LogP contribution in [0.5, 0.6) is 5.88 Å². The maximum atomic E-state index is 5.45. The van der Waals surface area contributed by atoms with E-state index in [1.54, 1.807) is 13.2 Å². The maximum absolute atomic E-state index is 5.45. The topological polar surface area (TPSA) is 84.8 Å². The van der Waals surface area contributed by atoms with Crippen LogP contribution in [-0.2, 0) is 17.7 Å². The summed E-state index contributed by atoms with van der Waals surface area (Å²) in [5, 5.41) is 3.50. The third-order valence-electron chi connectivity index (χ3n) is 5.53. The fourth-order valence-corrected chi connectivity index (χ4v) is 3.84. The van der Waals surface area contributed by atoms with Gasteiger partial charge in [0.25, 0.3) is 0 Å². The lowest BCUT2D eigenvalue weighted by Gasteiger charge is -2.29. The van der Waals surface area contributed by atoms with Crippen LogP contribution in [0.25, 0.3) is 11.4 Å². The van der Waals surface area contributed by atoms with Crippen molar-refractivity contribution in [1.82, 2.24) is 15.0 Å². The molecule has 2 aliphatic heterocycles. The van der Waals surface area contributed by atoms with E-state index in [-0.39, 0.29) is 0 Å². The highest BCUT2D eigenvalue weighted by molar-refractivity contribution is 5.73. The summed E-state index contributed by atoms with van der Waals surface area (Å²) < 4.78 is 10.7. The van der Waals surface area contributed by atoms with Crippen LogP contribution < -0.4 is 15.0 Å². The van der Waals surface area contributed by atoms with E-state index in [1.807, 2.05) is 6.21 Å². The number of aromatic nitrogens is 3. The number of hydrogen-bond donors (Lipinski definition) is 1. The van der Waals surface area contributed by atoms with E-state index < -0.39 is 0 Å². The second kappa shape index (κ2) is 8.69. The Morgan fingerprint density at radius 3 is 2.68 bits per heavy atom. The zero-order chi connectivity index (χ0) is 21.0. The molecule has 8 nitrogen and oxygen atoms in total. The number of anilines is 3. The molecule has 8 heteroatoms. The summed E-state index contributed by atoms with van der Waals surface area (Å²) in [6.45, 7) is 4.01. The van der Waals surface area contributed by atoms with Crippen LogP contribution in [0.1, 0.15) is 11.1 Å². The molecule has 1 aromatic carbocycles. The molecule has 1 saturated heterocycles. The first kappa shape index (κ1) is 19.4. The predicted molar refractivity (Wildman–Crippen MR) is 120 cm³/mol. The molecule has 0 unspecified atom stereocenters. The third-order valence-corrected chi connectivity index (χ3v) is 5.53. The standard InChI is InChI=1S/C23H24N6O2/c1-30-22-13-20(25-15-26-22)21-12-16-6-7-24-14-19(16)23(28-21)27-17-2-4-18(5-3-17)29-8-10-31-11-9-29/h2-5,7,12-13,15H,6,8-11,14H2,1H3,(H,27,28). The van der Waals surface area contributed by atoms with Gasteiger partial charge in [0.15, 0.2) is 0 Å². The van der Waals surface area contributed by atoms with Crippen LogP contribution >= 0.6 is 0 Å². The molecule has 0 radical (unpaired) electrons. The molecule has 31 heavy (non-hydrogen) atoms. The largest absolute Gasteiger partial charge is 0.481 e. The first-order valence-electron chi connectivity index (χ1n) is 10.4. The number of fused-ring (bicyclic) bond motifs is 1. The van der Waals surface area contributed by atoms with Crippen molar-refractivity contribution in [2.75, 3.05) is 43.6 Å². The molecule has 3 aromatic rings. The second-order valence-corrected chi connectivity index (χ2v) is 7.44. The van der Waals surface area contributed by atoms with E-state index in [4.69, 9.17) is 14.5 Å². The number of ether oxygens (including phenoxy) is 2. The smallest absolute Gasteiger partial charge is 0.216 e. The van der Waals surface area contributed by atoms with Crippen molar-refractivity contribution in [3.63, 3.8) is 0 Å². The minimum Gasteiger partial charge on any atom is -0.481 e. The number of rotatable bonds is 5. The molecule has 0 bridgehead atoms. The van der Waals surface area contributed by atoms with Crippen molar-refractivity contribution in [3.8, 4) is 17.3 Å². The number of nitrogens with one attached hydrogen (secondary N) is 1. The summed E-state index contributed by atoms with van der Waals surface area (Å²) in [4.78, 5) is 20.2. The minimum atomic E-state index is 0.513. The summed E-state index contributed by atoms with van der Waals surface area (Å²) >= 11 is 0. The van der Waals surface area contributed by atoms with Gasteiger partial charge in [0.2, 0.25) is 5.88 Å². The summed E-state index contributed by atoms with van der Waals surface area (Å²) in [6.07, 6.45) is 4.22. The molecule has 2 aromatic heterocycles. The van der Waals surface area contributed by atoms with Crippen molar-refractivity contribution in [3.05, 3.63) is 53.9 Å². The molecule has 2 aliphatic rings. The summed E-state index contributed by atoms with van der Waals surface area (Å²) in [5.41, 5.74) is 6.01. The Hall–Kier alpha value is -3.52. The van der Waals surface area contributed by atoms with Gasteiger partial charge in [-0.1, -0.05) is 0 Å². The van der Waals surface area contributed by atoms with Crippen LogP contribution in [0.4, 0.5) is 17.2 Å². The van der Waals surface area contributed by atoms with Gasteiger partial charge < -0.3 is 19.7 Å². The first-order valence-corrected chi connectivity index (χ1v) is 10.4. The molecule has 158 valence electrons. The van der Waals surface area contributed by atoms with Gasteiger partial charge in [-0.3, -0.25) is 4.99 Å². The molecule has 0 amide bonds. The van der Waals surface area contributed by atoms with E-state index in [0.717, 1.165) is 61.2 Å². The summed E-state index contributed by atoms with van der Waals surface area (Å²) in [5.74, 6) is 1.32. The number of pyridine rings is 1. The fraction of sp³-hybridized carbons (Fsp3) is 0.304. The fourth-order valence-electron chi connectivity index (χ4n) is 3.84. The highest BCUT2D eigenvalue weighted by Crippen LogP contribution is 2.30. The Kier molecular flexibility index (Phi) is 5.45. The molecular formula is C23H24N6O2. The maximum Gasteiger partial charge on any atom is 0.216 e. The monoisotopic (exact) mass is 416 g/mol. The number of benzene rings is 1. The number of morpholine rings is 1. The van der Waals surface area contributed by atoms with Crippen LogP contribution in [0.2, 0.25) is 0 Å². The molecule has 1 fully saturated rings. The highest BCUT2D eigenvalue weighted by Gasteiger charge is 2.17. The van der Waals surface area contributed by atoms with Gasteiger partial charge in [-0.05, 0) is 35.9 Å². The van der Waals surface area contributed by atoms with Gasteiger partial charge in [-0.25, -0.2) is 15.0 Å². The van der Waals surface area contributed by atoms with Gasteiger partial charge in [0, 0.05) is 48.7 Å². The van der Waals surface area contributed by atoms with E-state index in [1.165, 1.54) is 17.6 Å². The molecular weight excluding hydrogens is 392 g/mol. The van der Waals surface area contributed by atoms with Crippen molar-refractivity contribution in [2.24, 2.45) is 4.99 Å². The van der Waals surface area contributed by atoms with Crippen LogP contribution in [0.3, 0.4) is 0 Å². The number of nitrogens with zero attached hydrogens (tertiary/aromatic N) is 5. The SMILES string of the molecule is COc1cc(-c2cc3c(c(Nc4ccc(N5CCOCC5)cc4)n2)CN=CC3)ncn1. The van der Waals surface area contributed by atoms with Crippen molar-refractivity contribution < 1.29 is 9.47 Å². The zero-order valence-electron chi connectivity index (χ0n) is 17.4. The van der Waals surface area contributed by atoms with Crippen LogP contribution in [0.15, 0.2) is 47.7 Å². The molecule has 4 heterocycles. The van der Waals surface area contributed by atoms with Gasteiger partial charge in [-0.15, -0.1) is 0 Å². The second-order valence-electron chi connectivity index (χ2n) is 7.44. The number of aliphatic imine (C=N–C) groups is 1. The Bertz CT molecular complexity index is 1090. The van der Waals surface area contributed by atoms with Crippen LogP contribution in [0, 0.1) is 0 Å². The Morgan fingerprint density at radius 1 is 1.03 bits per heavy atom. The molecule has 0 saturated carbocycles. The van der Waals surface area contributed by atoms with Gasteiger partial charge in [0.1, 0.15) is 12.1 Å². The third kappa shape index (κ3) is 4.20. The van der Waals surface area contributed by atoms with Crippen molar-refractivity contribution >= 4 is 23.4 Å². The van der Waals surface area contributed by atoms with E-state index in [2.05, 4.69) is 55.5 Å². The molecule has 0 spiro atoms. The van der Waals surface area contributed by atoms with Crippen molar-refractivity contribution in [2.45, 2.75) is 13.0 Å². The molecule has 5 rings (SSSR count). The molecule has 0 aliphatic carbocycles. The van der Waals surface area contributed by atoms with E-state index >= 15 is 0 Å². The zero-order valence-corrected chi connectivity index (χ0v) is 17.4. The predicted octanol–water partition coefficient (Wildman–Crippen LogP) is 3.25.